The lowest BCUT2D eigenvalue weighted by Gasteiger charge is -2.31. The Hall–Kier alpha value is -3.89. The van der Waals surface area contributed by atoms with Gasteiger partial charge in [-0.15, -0.1) is 0 Å². The molecular weight excluding hydrogens is 458 g/mol. The summed E-state index contributed by atoms with van der Waals surface area (Å²) in [7, 11) is 1.58. The number of nitrogens with zero attached hydrogens (tertiary/aromatic N) is 5. The zero-order valence-electron chi connectivity index (χ0n) is 20.0. The monoisotopic (exact) mass is 485 g/mol. The van der Waals surface area contributed by atoms with Crippen LogP contribution in [0, 0.1) is 0 Å². The fourth-order valence-electron chi connectivity index (χ4n) is 5.08. The largest absolute Gasteiger partial charge is 0.496 e. The minimum Gasteiger partial charge on any atom is -0.496 e. The van der Waals surface area contributed by atoms with Gasteiger partial charge in [0.15, 0.2) is 0 Å². The van der Waals surface area contributed by atoms with Crippen molar-refractivity contribution in [1.82, 2.24) is 25.6 Å². The molecule has 1 atom stereocenters. The van der Waals surface area contributed by atoms with Gasteiger partial charge in [-0.3, -0.25) is 19.5 Å². The molecule has 0 aliphatic carbocycles. The number of piperazine rings is 1. The van der Waals surface area contributed by atoms with Gasteiger partial charge in [-0.2, -0.15) is 0 Å². The molecule has 1 aromatic carbocycles. The standard InChI is InChI=1S/C26H27N7O3/c1-36-22-4-2-3-18-19(22)15-33(24(18)35)25-29-8-5-20(31-25)23(34)26(16-30-26)13-17-14-28-7-6-21(17)32-11-9-27-10-12-32/h2-8,14,27,30H,9-13,15-16H2,1H3. The number of carbonyl (C=O) groups is 2. The first kappa shape index (κ1) is 22.6. The van der Waals surface area contributed by atoms with Crippen LogP contribution in [-0.2, 0) is 13.0 Å². The maximum absolute atomic E-state index is 13.7. The van der Waals surface area contributed by atoms with Gasteiger partial charge in [-0.05, 0) is 29.8 Å². The molecule has 0 radical (unpaired) electrons. The van der Waals surface area contributed by atoms with Crippen LogP contribution >= 0.6 is 0 Å². The molecule has 6 rings (SSSR count). The number of methoxy groups -OCH3 is 1. The van der Waals surface area contributed by atoms with E-state index in [0.717, 1.165) is 43.0 Å². The Morgan fingerprint density at radius 2 is 2.00 bits per heavy atom. The predicted molar refractivity (Wildman–Crippen MR) is 134 cm³/mol. The van der Waals surface area contributed by atoms with Gasteiger partial charge in [0.1, 0.15) is 17.0 Å². The van der Waals surface area contributed by atoms with Gasteiger partial charge in [0.25, 0.3) is 5.91 Å². The maximum atomic E-state index is 13.7. The average Bonchev–Trinajstić information content (AvgIpc) is 3.64. The number of fused-ring (bicyclic) bond motifs is 1. The van der Waals surface area contributed by atoms with E-state index in [1.807, 2.05) is 18.3 Å². The Morgan fingerprint density at radius 1 is 1.17 bits per heavy atom. The predicted octanol–water partition coefficient (Wildman–Crippen LogP) is 1.22. The van der Waals surface area contributed by atoms with E-state index in [-0.39, 0.29) is 23.3 Å². The lowest BCUT2D eigenvalue weighted by atomic mass is 9.93. The zero-order chi connectivity index (χ0) is 24.7. The van der Waals surface area contributed by atoms with Crippen molar-refractivity contribution in [2.45, 2.75) is 18.5 Å². The number of anilines is 2. The number of carbonyl (C=O) groups excluding carboxylic acids is 2. The first-order valence-electron chi connectivity index (χ1n) is 12.1. The highest BCUT2D eigenvalue weighted by Gasteiger charge is 2.50. The SMILES string of the molecule is COc1cccc2c1CN(c1nccc(C(=O)C3(Cc4cnccc4N4CCNCC4)CN3)n1)C2=O. The van der Waals surface area contributed by atoms with Crippen molar-refractivity contribution >= 4 is 23.3 Å². The third kappa shape index (κ3) is 3.88. The van der Waals surface area contributed by atoms with Crippen LogP contribution in [0.3, 0.4) is 0 Å². The quantitative estimate of drug-likeness (QED) is 0.376. The summed E-state index contributed by atoms with van der Waals surface area (Å²) in [4.78, 5) is 43.7. The van der Waals surface area contributed by atoms with E-state index in [1.165, 1.54) is 11.1 Å². The molecule has 0 bridgehead atoms. The summed E-state index contributed by atoms with van der Waals surface area (Å²) in [5, 5.41) is 6.66. The number of nitrogens with one attached hydrogen (secondary N) is 2. The molecule has 2 N–H and O–H groups in total. The molecule has 2 saturated heterocycles. The lowest BCUT2D eigenvalue weighted by Crippen LogP contribution is -2.44. The van der Waals surface area contributed by atoms with E-state index in [0.29, 0.717) is 30.8 Å². The lowest BCUT2D eigenvalue weighted by molar-refractivity contribution is 0.0936. The third-order valence-corrected chi connectivity index (χ3v) is 7.13. The molecule has 0 saturated carbocycles. The van der Waals surface area contributed by atoms with Crippen LogP contribution in [-0.4, -0.2) is 72.0 Å². The second-order valence-electron chi connectivity index (χ2n) is 9.30. The molecule has 2 fully saturated rings. The first-order valence-corrected chi connectivity index (χ1v) is 12.1. The van der Waals surface area contributed by atoms with Crippen LogP contribution in [0.25, 0.3) is 0 Å². The van der Waals surface area contributed by atoms with Gasteiger partial charge in [-0.25, -0.2) is 9.97 Å². The van der Waals surface area contributed by atoms with Gasteiger partial charge < -0.3 is 20.3 Å². The number of benzene rings is 1. The number of ketones is 1. The van der Waals surface area contributed by atoms with Gasteiger partial charge in [0.05, 0.1) is 13.7 Å². The van der Waals surface area contributed by atoms with Crippen LogP contribution in [0.4, 0.5) is 11.6 Å². The normalized spacial score (nSPS) is 20.9. The molecule has 3 aliphatic heterocycles. The van der Waals surface area contributed by atoms with Crippen LogP contribution in [0.15, 0.2) is 48.9 Å². The van der Waals surface area contributed by atoms with Gasteiger partial charge in [-0.1, -0.05) is 6.07 Å². The second-order valence-corrected chi connectivity index (χ2v) is 9.30. The van der Waals surface area contributed by atoms with Crippen molar-refractivity contribution in [3.63, 3.8) is 0 Å². The van der Waals surface area contributed by atoms with Crippen molar-refractivity contribution in [2.75, 3.05) is 49.6 Å². The Kier molecular flexibility index (Phi) is 5.62. The molecule has 10 heteroatoms. The highest BCUT2D eigenvalue weighted by atomic mass is 16.5. The van der Waals surface area contributed by atoms with Crippen molar-refractivity contribution in [3.05, 3.63) is 71.3 Å². The second kappa shape index (κ2) is 8.96. The maximum Gasteiger partial charge on any atom is 0.261 e. The third-order valence-electron chi connectivity index (χ3n) is 7.13. The number of pyridine rings is 1. The van der Waals surface area contributed by atoms with Crippen LogP contribution in [0.5, 0.6) is 5.75 Å². The Balaban J connectivity index is 1.25. The van der Waals surface area contributed by atoms with E-state index in [9.17, 15) is 9.59 Å². The molecule has 2 aromatic heterocycles. The Labute approximate surface area is 208 Å². The summed E-state index contributed by atoms with van der Waals surface area (Å²) in [6.45, 7) is 4.54. The highest BCUT2D eigenvalue weighted by molar-refractivity contribution is 6.10. The van der Waals surface area contributed by atoms with Crippen molar-refractivity contribution < 1.29 is 14.3 Å². The summed E-state index contributed by atoms with van der Waals surface area (Å²) < 4.78 is 5.42. The highest BCUT2D eigenvalue weighted by Crippen LogP contribution is 2.34. The molecule has 5 heterocycles. The van der Waals surface area contributed by atoms with Crippen molar-refractivity contribution in [3.8, 4) is 5.75 Å². The van der Waals surface area contributed by atoms with E-state index in [1.54, 1.807) is 31.5 Å². The van der Waals surface area contributed by atoms with Crippen LogP contribution in [0.2, 0.25) is 0 Å². The molecule has 10 nitrogen and oxygen atoms in total. The summed E-state index contributed by atoms with van der Waals surface area (Å²) in [6.07, 6.45) is 5.71. The molecule has 3 aliphatic rings. The zero-order valence-corrected chi connectivity index (χ0v) is 20.0. The molecule has 36 heavy (non-hydrogen) atoms. The van der Waals surface area contributed by atoms with Crippen LogP contribution in [0.1, 0.15) is 32.0 Å². The number of aromatic nitrogens is 3. The fraction of sp³-hybridized carbons (Fsp3) is 0.346. The summed E-state index contributed by atoms with van der Waals surface area (Å²) in [6, 6.07) is 9.01. The number of Topliss-reactive ketones (excluding diaryl/α,β-unsaturated/α-hetero) is 1. The minimum absolute atomic E-state index is 0.108. The van der Waals surface area contributed by atoms with Gasteiger partial charge >= 0.3 is 0 Å². The number of ether oxygens (including phenoxy) is 1. The van der Waals surface area contributed by atoms with E-state index in [4.69, 9.17) is 4.74 Å². The Morgan fingerprint density at radius 3 is 2.78 bits per heavy atom. The minimum atomic E-state index is -0.737. The molecule has 3 aromatic rings. The number of rotatable bonds is 7. The number of hydrogen-bond acceptors (Lipinski definition) is 9. The molecule has 184 valence electrons. The van der Waals surface area contributed by atoms with Crippen molar-refractivity contribution in [2.24, 2.45) is 0 Å². The van der Waals surface area contributed by atoms with Crippen molar-refractivity contribution in [1.29, 1.82) is 0 Å². The Bertz CT molecular complexity index is 1330. The summed E-state index contributed by atoms with van der Waals surface area (Å²) in [5.74, 6) is 0.544. The average molecular weight is 486 g/mol. The van der Waals surface area contributed by atoms with Gasteiger partial charge in [0.2, 0.25) is 11.7 Å². The number of hydrogen-bond donors (Lipinski definition) is 2. The molecule has 0 spiro atoms. The fourth-order valence-corrected chi connectivity index (χ4v) is 5.08. The van der Waals surface area contributed by atoms with E-state index < -0.39 is 5.54 Å². The molecule has 1 unspecified atom stereocenters. The van der Waals surface area contributed by atoms with Gasteiger partial charge in [0, 0.05) is 74.5 Å². The van der Waals surface area contributed by atoms with Crippen LogP contribution < -0.4 is 25.2 Å². The molecular formula is C26H27N7O3. The summed E-state index contributed by atoms with van der Waals surface area (Å²) >= 11 is 0. The first-order chi connectivity index (χ1) is 17.6. The number of amides is 1. The van der Waals surface area contributed by atoms with E-state index in [2.05, 4.69) is 30.5 Å². The smallest absolute Gasteiger partial charge is 0.261 e. The topological polar surface area (TPSA) is 122 Å². The summed E-state index contributed by atoms with van der Waals surface area (Å²) in [5.41, 5.74) is 3.05. The van der Waals surface area contributed by atoms with E-state index >= 15 is 0 Å². The molecule has 1 amide bonds.